The summed E-state index contributed by atoms with van der Waals surface area (Å²) in [7, 11) is -3.37. The van der Waals surface area contributed by atoms with Crippen LogP contribution in [0.2, 0.25) is 5.02 Å². The zero-order chi connectivity index (χ0) is 20.4. The number of benzene rings is 1. The minimum atomic E-state index is -3.37. The lowest BCUT2D eigenvalue weighted by atomic mass is 10.0. The van der Waals surface area contributed by atoms with Gasteiger partial charge in [0.1, 0.15) is 5.65 Å². The first kappa shape index (κ1) is 20.1. The number of hydrogen-bond acceptors (Lipinski definition) is 3. The van der Waals surface area contributed by atoms with E-state index in [4.69, 9.17) is 11.6 Å². The van der Waals surface area contributed by atoms with Gasteiger partial charge in [-0.05, 0) is 48.2 Å². The highest BCUT2D eigenvalue weighted by Crippen LogP contribution is 2.31. The van der Waals surface area contributed by atoms with Crippen molar-refractivity contribution in [2.45, 2.75) is 32.1 Å². The number of sulfonamides is 1. The standard InChI is InChI=1S/C22H24ClN3O2S/c1-2-12-25-15-21(20-4-3-11-24-22(20)25)18-9-13-26(14-10-18)29(27,28)16-17-5-7-19(23)8-6-17/h3-9,11,15H,2,10,12-14,16H2,1H3. The van der Waals surface area contributed by atoms with Crippen LogP contribution in [0.3, 0.4) is 0 Å². The number of nitrogens with zero attached hydrogens (tertiary/aromatic N) is 3. The minimum Gasteiger partial charge on any atom is -0.332 e. The Morgan fingerprint density at radius 2 is 1.97 bits per heavy atom. The van der Waals surface area contributed by atoms with Gasteiger partial charge >= 0.3 is 0 Å². The molecule has 0 aliphatic carbocycles. The monoisotopic (exact) mass is 429 g/mol. The Bertz CT molecular complexity index is 1150. The number of aryl methyl sites for hydroxylation is 1. The summed E-state index contributed by atoms with van der Waals surface area (Å²) in [6, 6.07) is 11.0. The van der Waals surface area contributed by atoms with Crippen LogP contribution in [0.5, 0.6) is 0 Å². The van der Waals surface area contributed by atoms with Gasteiger partial charge in [0.25, 0.3) is 0 Å². The molecule has 0 fully saturated rings. The average Bonchev–Trinajstić information content (AvgIpc) is 3.09. The summed E-state index contributed by atoms with van der Waals surface area (Å²) in [5, 5.41) is 1.73. The van der Waals surface area contributed by atoms with Crippen LogP contribution in [-0.2, 0) is 22.3 Å². The van der Waals surface area contributed by atoms with Crippen LogP contribution in [0.25, 0.3) is 16.6 Å². The summed E-state index contributed by atoms with van der Waals surface area (Å²) in [6.07, 6.45) is 7.75. The van der Waals surface area contributed by atoms with Crippen molar-refractivity contribution in [1.82, 2.24) is 13.9 Å². The van der Waals surface area contributed by atoms with E-state index in [1.807, 2.05) is 18.3 Å². The third kappa shape index (κ3) is 4.25. The summed E-state index contributed by atoms with van der Waals surface area (Å²) < 4.78 is 29.4. The number of hydrogen-bond donors (Lipinski definition) is 0. The fourth-order valence-electron chi connectivity index (χ4n) is 3.82. The van der Waals surface area contributed by atoms with E-state index in [-0.39, 0.29) is 5.75 Å². The summed E-state index contributed by atoms with van der Waals surface area (Å²) in [5.41, 5.74) is 4.09. The Kier molecular flexibility index (Phi) is 5.76. The van der Waals surface area contributed by atoms with Gasteiger partial charge in [0.15, 0.2) is 0 Å². The van der Waals surface area contributed by atoms with Gasteiger partial charge in [-0.2, -0.15) is 4.31 Å². The Morgan fingerprint density at radius 1 is 1.17 bits per heavy atom. The molecule has 2 aromatic heterocycles. The summed E-state index contributed by atoms with van der Waals surface area (Å²) in [5.74, 6) is -0.00688. The molecule has 3 heterocycles. The van der Waals surface area contributed by atoms with Crippen molar-refractivity contribution in [2.24, 2.45) is 0 Å². The first-order valence-electron chi connectivity index (χ1n) is 9.83. The molecule has 0 saturated heterocycles. The highest BCUT2D eigenvalue weighted by atomic mass is 35.5. The molecule has 0 radical (unpaired) electrons. The molecule has 0 spiro atoms. The zero-order valence-corrected chi connectivity index (χ0v) is 18.0. The summed E-state index contributed by atoms with van der Waals surface area (Å²) >= 11 is 5.89. The van der Waals surface area contributed by atoms with Gasteiger partial charge in [0, 0.05) is 48.0 Å². The maximum Gasteiger partial charge on any atom is 0.218 e. The fraction of sp³-hybridized carbons (Fsp3) is 0.318. The van der Waals surface area contributed by atoms with Crippen molar-refractivity contribution in [3.63, 3.8) is 0 Å². The topological polar surface area (TPSA) is 55.2 Å². The molecule has 0 amide bonds. The number of aromatic nitrogens is 2. The van der Waals surface area contributed by atoms with Gasteiger partial charge in [0.2, 0.25) is 10.0 Å². The number of pyridine rings is 1. The highest BCUT2D eigenvalue weighted by molar-refractivity contribution is 7.88. The third-order valence-electron chi connectivity index (χ3n) is 5.27. The van der Waals surface area contributed by atoms with Crippen molar-refractivity contribution < 1.29 is 8.42 Å². The molecule has 5 nitrogen and oxygen atoms in total. The quantitative estimate of drug-likeness (QED) is 0.569. The van der Waals surface area contributed by atoms with Crippen molar-refractivity contribution in [3.8, 4) is 0 Å². The highest BCUT2D eigenvalue weighted by Gasteiger charge is 2.26. The molecule has 152 valence electrons. The van der Waals surface area contributed by atoms with Gasteiger partial charge in [-0.15, -0.1) is 0 Å². The van der Waals surface area contributed by atoms with Crippen LogP contribution in [0, 0.1) is 0 Å². The SMILES string of the molecule is CCCn1cc(C2=CCN(S(=O)(=O)Cc3ccc(Cl)cc3)CC2)c2cccnc21. The molecule has 29 heavy (non-hydrogen) atoms. The molecule has 0 N–H and O–H groups in total. The van der Waals surface area contributed by atoms with Crippen molar-refractivity contribution in [1.29, 1.82) is 0 Å². The van der Waals surface area contributed by atoms with Crippen LogP contribution in [-0.4, -0.2) is 35.4 Å². The lowest BCUT2D eigenvalue weighted by Crippen LogP contribution is -2.35. The van der Waals surface area contributed by atoms with E-state index in [2.05, 4.69) is 28.7 Å². The van der Waals surface area contributed by atoms with Crippen LogP contribution in [0.15, 0.2) is 54.9 Å². The molecule has 7 heteroatoms. The first-order valence-corrected chi connectivity index (χ1v) is 11.8. The molecule has 0 saturated carbocycles. The molecule has 1 aliphatic rings. The van der Waals surface area contributed by atoms with Gasteiger partial charge in [0.05, 0.1) is 5.75 Å². The molecule has 0 bridgehead atoms. The number of fused-ring (bicyclic) bond motifs is 1. The second kappa shape index (κ2) is 8.30. The summed E-state index contributed by atoms with van der Waals surface area (Å²) in [4.78, 5) is 4.54. The van der Waals surface area contributed by atoms with Gasteiger partial charge in [-0.25, -0.2) is 13.4 Å². The summed E-state index contributed by atoms with van der Waals surface area (Å²) in [6.45, 7) is 3.95. The Morgan fingerprint density at radius 3 is 2.66 bits per heavy atom. The van der Waals surface area contributed by atoms with Crippen molar-refractivity contribution in [2.75, 3.05) is 13.1 Å². The average molecular weight is 430 g/mol. The van der Waals surface area contributed by atoms with E-state index in [0.29, 0.717) is 24.5 Å². The second-order valence-corrected chi connectivity index (χ2v) is 9.74. The van der Waals surface area contributed by atoms with E-state index in [1.165, 1.54) is 5.57 Å². The third-order valence-corrected chi connectivity index (χ3v) is 7.34. The zero-order valence-electron chi connectivity index (χ0n) is 16.4. The van der Waals surface area contributed by atoms with Gasteiger partial charge < -0.3 is 4.57 Å². The minimum absolute atomic E-state index is 0.00688. The largest absolute Gasteiger partial charge is 0.332 e. The van der Waals surface area contributed by atoms with Crippen LogP contribution in [0.4, 0.5) is 0 Å². The Hall–Kier alpha value is -2.15. The first-order chi connectivity index (χ1) is 14.0. The molecular weight excluding hydrogens is 406 g/mol. The van der Waals surface area contributed by atoms with Crippen molar-refractivity contribution >= 4 is 38.2 Å². The van der Waals surface area contributed by atoms with Crippen molar-refractivity contribution in [3.05, 3.63) is 71.0 Å². The molecule has 3 aromatic rings. The lowest BCUT2D eigenvalue weighted by molar-refractivity contribution is 0.440. The van der Waals surface area contributed by atoms with Gasteiger partial charge in [-0.3, -0.25) is 0 Å². The van der Waals surface area contributed by atoms with Gasteiger partial charge in [-0.1, -0.05) is 36.7 Å². The second-order valence-electron chi connectivity index (χ2n) is 7.33. The molecular formula is C22H24ClN3O2S. The maximum atomic E-state index is 12.8. The number of halogens is 1. The Balaban J connectivity index is 1.55. The predicted octanol–water partition coefficient (Wildman–Crippen LogP) is 4.72. The van der Waals surface area contributed by atoms with Crippen LogP contribution >= 0.6 is 11.6 Å². The maximum absolute atomic E-state index is 12.8. The Labute approximate surface area is 176 Å². The predicted molar refractivity (Wildman–Crippen MR) is 118 cm³/mol. The van der Waals surface area contributed by atoms with E-state index < -0.39 is 10.0 Å². The molecule has 1 aromatic carbocycles. The normalized spacial score (nSPS) is 15.6. The van der Waals surface area contributed by atoms with E-state index in [9.17, 15) is 8.42 Å². The smallest absolute Gasteiger partial charge is 0.218 e. The van der Waals surface area contributed by atoms with Crippen LogP contribution < -0.4 is 0 Å². The molecule has 0 atom stereocenters. The lowest BCUT2D eigenvalue weighted by Gasteiger charge is -2.26. The fourth-order valence-corrected chi connectivity index (χ4v) is 5.41. The van der Waals surface area contributed by atoms with E-state index in [0.717, 1.165) is 35.1 Å². The number of rotatable bonds is 6. The molecule has 0 unspecified atom stereocenters. The van der Waals surface area contributed by atoms with E-state index >= 15 is 0 Å². The molecule has 4 rings (SSSR count). The van der Waals surface area contributed by atoms with E-state index in [1.54, 1.807) is 28.6 Å². The van der Waals surface area contributed by atoms with Crippen LogP contribution in [0.1, 0.15) is 30.9 Å². The molecule has 1 aliphatic heterocycles.